The minimum absolute atomic E-state index is 0.139. The first-order valence-corrected chi connectivity index (χ1v) is 11.6. The SMILES string of the molecule is C=C1C[C@@]2(O)C/C(=N/O[C@H]3CCNC3)CC[C@]2(C)[C@H]2CC[C@]3(C)C(=O)CC[C@H]3[C@H]12. The first kappa shape index (κ1) is 19.7. The molecule has 0 unspecified atom stereocenters. The van der Waals surface area contributed by atoms with E-state index < -0.39 is 5.60 Å². The van der Waals surface area contributed by atoms with Crippen LogP contribution in [0.5, 0.6) is 0 Å². The normalized spacial score (nSPS) is 50.9. The van der Waals surface area contributed by atoms with E-state index in [0.29, 0.717) is 36.4 Å². The molecule has 4 aliphatic carbocycles. The summed E-state index contributed by atoms with van der Waals surface area (Å²) in [6.45, 7) is 10.8. The topological polar surface area (TPSA) is 70.9 Å². The molecule has 5 rings (SSSR count). The lowest BCUT2D eigenvalue weighted by molar-refractivity contribution is -0.170. The molecule has 0 spiro atoms. The quantitative estimate of drug-likeness (QED) is 0.549. The van der Waals surface area contributed by atoms with Crippen LogP contribution < -0.4 is 5.32 Å². The number of fused-ring (bicyclic) bond motifs is 5. The number of hydrogen-bond acceptors (Lipinski definition) is 5. The Bertz CT molecular complexity index is 757. The number of hydrogen-bond donors (Lipinski definition) is 2. The number of nitrogens with zero attached hydrogens (tertiary/aromatic N) is 1. The molecule has 5 fully saturated rings. The van der Waals surface area contributed by atoms with Gasteiger partial charge in [-0.15, -0.1) is 0 Å². The first-order valence-electron chi connectivity index (χ1n) is 11.6. The van der Waals surface area contributed by atoms with Crippen molar-refractivity contribution in [3.8, 4) is 0 Å². The molecule has 1 aliphatic heterocycles. The Labute approximate surface area is 174 Å². The molecule has 5 aliphatic rings. The summed E-state index contributed by atoms with van der Waals surface area (Å²) in [5.41, 5.74) is 1.07. The molecular formula is C24H36N2O3. The van der Waals surface area contributed by atoms with Crippen molar-refractivity contribution in [3.05, 3.63) is 12.2 Å². The van der Waals surface area contributed by atoms with E-state index >= 15 is 0 Å². The predicted molar refractivity (Wildman–Crippen MR) is 113 cm³/mol. The Morgan fingerprint density at radius 1 is 1.14 bits per heavy atom. The van der Waals surface area contributed by atoms with Crippen LogP contribution in [-0.2, 0) is 9.63 Å². The summed E-state index contributed by atoms with van der Waals surface area (Å²) in [4.78, 5) is 18.4. The van der Waals surface area contributed by atoms with Gasteiger partial charge in [0.15, 0.2) is 0 Å². The van der Waals surface area contributed by atoms with Crippen LogP contribution >= 0.6 is 0 Å². The molecule has 0 aromatic heterocycles. The highest BCUT2D eigenvalue weighted by atomic mass is 16.6. The molecule has 1 heterocycles. The highest BCUT2D eigenvalue weighted by Crippen LogP contribution is 2.67. The molecule has 0 aromatic carbocycles. The molecule has 1 saturated heterocycles. The minimum Gasteiger partial charge on any atom is -0.391 e. The van der Waals surface area contributed by atoms with Gasteiger partial charge in [-0.2, -0.15) is 0 Å². The van der Waals surface area contributed by atoms with Gasteiger partial charge in [-0.3, -0.25) is 4.79 Å². The molecule has 5 nitrogen and oxygen atoms in total. The van der Waals surface area contributed by atoms with Gasteiger partial charge in [-0.05, 0) is 62.8 Å². The van der Waals surface area contributed by atoms with Gasteiger partial charge in [-0.1, -0.05) is 31.2 Å². The van der Waals surface area contributed by atoms with Gasteiger partial charge in [0.1, 0.15) is 11.9 Å². The number of aliphatic hydroxyl groups is 1. The highest BCUT2D eigenvalue weighted by molar-refractivity contribution is 5.88. The number of Topliss-reactive ketones (excluding diaryl/α,β-unsaturated/α-hetero) is 1. The van der Waals surface area contributed by atoms with Gasteiger partial charge in [-0.25, -0.2) is 0 Å². The number of ketones is 1. The first-order chi connectivity index (χ1) is 13.8. The zero-order chi connectivity index (χ0) is 20.4. The summed E-state index contributed by atoms with van der Waals surface area (Å²) < 4.78 is 0. The van der Waals surface area contributed by atoms with Crippen molar-refractivity contribution in [1.29, 1.82) is 0 Å². The van der Waals surface area contributed by atoms with Crippen molar-refractivity contribution in [3.63, 3.8) is 0 Å². The second-order valence-electron chi connectivity index (χ2n) is 11.0. The lowest BCUT2D eigenvalue weighted by Crippen LogP contribution is -2.63. The van der Waals surface area contributed by atoms with Gasteiger partial charge in [0, 0.05) is 36.6 Å². The number of rotatable bonds is 2. The molecule has 4 saturated carbocycles. The van der Waals surface area contributed by atoms with E-state index in [4.69, 9.17) is 4.84 Å². The van der Waals surface area contributed by atoms with Crippen LogP contribution in [0.3, 0.4) is 0 Å². The lowest BCUT2D eigenvalue weighted by Gasteiger charge is -2.63. The summed E-state index contributed by atoms with van der Waals surface area (Å²) in [6.07, 6.45) is 7.94. The molecule has 5 heteroatoms. The third-order valence-corrected chi connectivity index (χ3v) is 9.63. The summed E-state index contributed by atoms with van der Waals surface area (Å²) in [6, 6.07) is 0. The fourth-order valence-electron chi connectivity index (χ4n) is 7.70. The number of oxime groups is 1. The highest BCUT2D eigenvalue weighted by Gasteiger charge is 2.65. The number of carbonyl (C=O) groups excluding carboxylic acids is 1. The van der Waals surface area contributed by atoms with Gasteiger partial charge in [0.05, 0.1) is 11.3 Å². The second kappa shape index (κ2) is 6.65. The van der Waals surface area contributed by atoms with Crippen molar-refractivity contribution in [2.75, 3.05) is 13.1 Å². The number of nitrogens with one attached hydrogen (secondary N) is 1. The third-order valence-electron chi connectivity index (χ3n) is 9.63. The monoisotopic (exact) mass is 400 g/mol. The van der Waals surface area contributed by atoms with Crippen molar-refractivity contribution in [2.45, 2.75) is 83.3 Å². The van der Waals surface area contributed by atoms with Crippen molar-refractivity contribution < 1.29 is 14.7 Å². The zero-order valence-corrected chi connectivity index (χ0v) is 18.0. The Hall–Kier alpha value is -1.20. The minimum atomic E-state index is -0.796. The summed E-state index contributed by atoms with van der Waals surface area (Å²) >= 11 is 0. The Balaban J connectivity index is 1.39. The summed E-state index contributed by atoms with van der Waals surface area (Å²) in [7, 11) is 0. The van der Waals surface area contributed by atoms with Crippen LogP contribution in [0.1, 0.15) is 71.6 Å². The largest absolute Gasteiger partial charge is 0.391 e. The molecule has 0 aromatic rings. The van der Waals surface area contributed by atoms with Crippen molar-refractivity contribution in [1.82, 2.24) is 5.32 Å². The van der Waals surface area contributed by atoms with Gasteiger partial charge < -0.3 is 15.3 Å². The predicted octanol–water partition coefficient (Wildman–Crippen LogP) is 3.61. The maximum Gasteiger partial charge on any atom is 0.141 e. The van der Waals surface area contributed by atoms with E-state index in [1.807, 2.05) is 0 Å². The molecular weight excluding hydrogens is 364 g/mol. The van der Waals surface area contributed by atoms with Crippen molar-refractivity contribution >= 4 is 11.5 Å². The molecule has 0 radical (unpaired) electrons. The second-order valence-corrected chi connectivity index (χ2v) is 11.0. The van der Waals surface area contributed by atoms with Gasteiger partial charge in [0.25, 0.3) is 0 Å². The average molecular weight is 401 g/mol. The fourth-order valence-corrected chi connectivity index (χ4v) is 7.70. The van der Waals surface area contributed by atoms with Crippen LogP contribution in [0.4, 0.5) is 0 Å². The maximum absolute atomic E-state index is 12.6. The molecule has 160 valence electrons. The smallest absolute Gasteiger partial charge is 0.141 e. The summed E-state index contributed by atoms with van der Waals surface area (Å²) in [5.74, 6) is 1.66. The van der Waals surface area contributed by atoms with Gasteiger partial charge >= 0.3 is 0 Å². The Morgan fingerprint density at radius 3 is 2.72 bits per heavy atom. The third kappa shape index (κ3) is 2.79. The van der Waals surface area contributed by atoms with E-state index in [-0.39, 0.29) is 16.9 Å². The van der Waals surface area contributed by atoms with Crippen LogP contribution in [0.2, 0.25) is 0 Å². The van der Waals surface area contributed by atoms with E-state index in [1.165, 1.54) is 5.57 Å². The van der Waals surface area contributed by atoms with Gasteiger partial charge in [0.2, 0.25) is 0 Å². The molecule has 0 amide bonds. The standard InChI is InChI=1S/C24H36N2O3/c1-15-12-24(28)13-16(26-29-17-8-11-25-14-17)6-10-23(24,3)19-7-9-22(2)18(21(15)19)4-5-20(22)27/h17-19,21,25,28H,1,4-14H2,2-3H3/b26-16+/t17-,18-,19-,21-,22-,23+,24+/m0/s1. The van der Waals surface area contributed by atoms with Crippen LogP contribution in [0, 0.1) is 28.6 Å². The summed E-state index contributed by atoms with van der Waals surface area (Å²) in [5, 5.41) is 19.7. The van der Waals surface area contributed by atoms with E-state index in [1.54, 1.807) is 0 Å². The maximum atomic E-state index is 12.6. The fraction of sp³-hybridized carbons (Fsp3) is 0.833. The zero-order valence-electron chi connectivity index (χ0n) is 18.0. The number of carbonyl (C=O) groups is 1. The lowest BCUT2D eigenvalue weighted by atomic mass is 9.43. The Kier molecular flexibility index (Phi) is 4.53. The van der Waals surface area contributed by atoms with E-state index in [9.17, 15) is 9.90 Å². The van der Waals surface area contributed by atoms with Crippen LogP contribution in [-0.4, -0.2) is 41.4 Å². The van der Waals surface area contributed by atoms with Crippen LogP contribution in [0.15, 0.2) is 17.3 Å². The van der Waals surface area contributed by atoms with E-state index in [0.717, 1.165) is 63.7 Å². The molecule has 29 heavy (non-hydrogen) atoms. The van der Waals surface area contributed by atoms with E-state index in [2.05, 4.69) is 30.9 Å². The molecule has 7 atom stereocenters. The molecule has 0 bridgehead atoms. The van der Waals surface area contributed by atoms with Crippen LogP contribution in [0.25, 0.3) is 0 Å². The Morgan fingerprint density at radius 2 is 1.97 bits per heavy atom. The average Bonchev–Trinajstić information content (AvgIpc) is 3.30. The van der Waals surface area contributed by atoms with Crippen molar-refractivity contribution in [2.24, 2.45) is 33.7 Å². The molecule has 2 N–H and O–H groups in total.